The molecule has 0 aliphatic carbocycles. The van der Waals surface area contributed by atoms with E-state index < -0.39 is 27.2 Å². The maximum absolute atomic E-state index is 12.7. The number of ether oxygens (including phenoxy) is 1. The lowest BCUT2D eigenvalue weighted by atomic mass is 10.0. The van der Waals surface area contributed by atoms with Gasteiger partial charge in [0.1, 0.15) is 12.4 Å². The molecule has 5 nitrogen and oxygen atoms in total. The highest BCUT2D eigenvalue weighted by molar-refractivity contribution is 7.88. The Morgan fingerprint density at radius 3 is 2.33 bits per heavy atom. The number of halogens is 3. The molecule has 0 amide bonds. The molecule has 2 aromatic carbocycles. The molecular formula is C21H23F3O5S. The highest BCUT2D eigenvalue weighted by atomic mass is 32.2. The standard InChI is InChI=1S/C21H23F3O5S/c1-2-3-4-8-11-19(25)18-14-17(28-15-16-9-6-5-7-10-16)12-13-20(18)29-30(26,27)21(22,23)24/h5-7,9-10,12-14H,2-4,8,11,15H2,1H3. The van der Waals surface area contributed by atoms with Crippen molar-refractivity contribution in [3.8, 4) is 11.5 Å². The van der Waals surface area contributed by atoms with Crippen LogP contribution >= 0.6 is 0 Å². The summed E-state index contributed by atoms with van der Waals surface area (Å²) < 4.78 is 70.7. The van der Waals surface area contributed by atoms with E-state index in [1.165, 1.54) is 12.1 Å². The van der Waals surface area contributed by atoms with E-state index in [0.29, 0.717) is 6.42 Å². The summed E-state index contributed by atoms with van der Waals surface area (Å²) >= 11 is 0. The van der Waals surface area contributed by atoms with Crippen molar-refractivity contribution in [2.45, 2.75) is 51.1 Å². The summed E-state index contributed by atoms with van der Waals surface area (Å²) in [6.07, 6.45) is 3.25. The molecule has 0 bridgehead atoms. The first kappa shape index (κ1) is 23.7. The third kappa shape index (κ3) is 6.76. The number of rotatable bonds is 11. The summed E-state index contributed by atoms with van der Waals surface area (Å²) in [5, 5.41) is 0. The molecule has 0 N–H and O–H groups in total. The third-order valence-corrected chi connectivity index (χ3v) is 5.21. The van der Waals surface area contributed by atoms with Crippen LogP contribution in [-0.4, -0.2) is 19.7 Å². The minimum Gasteiger partial charge on any atom is -0.489 e. The van der Waals surface area contributed by atoms with Crippen molar-refractivity contribution in [3.05, 3.63) is 59.7 Å². The van der Waals surface area contributed by atoms with E-state index in [-0.39, 0.29) is 24.3 Å². The SMILES string of the molecule is CCCCCCC(=O)c1cc(OCc2ccccc2)ccc1OS(=O)(=O)C(F)(F)F. The molecule has 164 valence electrons. The monoisotopic (exact) mass is 444 g/mol. The maximum Gasteiger partial charge on any atom is 0.534 e. The molecule has 0 aliphatic heterocycles. The molecule has 0 heterocycles. The first-order valence-corrected chi connectivity index (χ1v) is 10.9. The van der Waals surface area contributed by atoms with Gasteiger partial charge in [-0.1, -0.05) is 56.5 Å². The van der Waals surface area contributed by atoms with Crippen LogP contribution in [0, 0.1) is 0 Å². The second-order valence-corrected chi connectivity index (χ2v) is 8.19. The quantitative estimate of drug-likeness (QED) is 0.194. The molecule has 9 heteroatoms. The number of hydrogen-bond donors (Lipinski definition) is 0. The van der Waals surface area contributed by atoms with Crippen LogP contribution in [0.1, 0.15) is 54.9 Å². The van der Waals surface area contributed by atoms with Crippen LogP contribution in [0.3, 0.4) is 0 Å². The number of carbonyl (C=O) groups excluding carboxylic acids is 1. The van der Waals surface area contributed by atoms with Gasteiger partial charge in [-0.2, -0.15) is 21.6 Å². The smallest absolute Gasteiger partial charge is 0.489 e. The van der Waals surface area contributed by atoms with E-state index in [1.807, 2.05) is 37.3 Å². The largest absolute Gasteiger partial charge is 0.534 e. The van der Waals surface area contributed by atoms with Gasteiger partial charge in [0.05, 0.1) is 5.56 Å². The lowest BCUT2D eigenvalue weighted by molar-refractivity contribution is -0.0500. The van der Waals surface area contributed by atoms with Crippen LogP contribution in [0.5, 0.6) is 11.5 Å². The van der Waals surface area contributed by atoms with Crippen LogP contribution < -0.4 is 8.92 Å². The highest BCUT2D eigenvalue weighted by Crippen LogP contribution is 2.32. The summed E-state index contributed by atoms with van der Waals surface area (Å²) in [6.45, 7) is 2.18. The van der Waals surface area contributed by atoms with Gasteiger partial charge in [-0.25, -0.2) is 0 Å². The molecule has 0 aromatic heterocycles. The summed E-state index contributed by atoms with van der Waals surface area (Å²) in [5.74, 6) is -0.962. The van der Waals surface area contributed by atoms with Gasteiger partial charge in [-0.05, 0) is 30.2 Å². The Morgan fingerprint density at radius 1 is 1.00 bits per heavy atom. The van der Waals surface area contributed by atoms with Crippen molar-refractivity contribution in [3.63, 3.8) is 0 Å². The first-order valence-electron chi connectivity index (χ1n) is 9.49. The zero-order valence-electron chi connectivity index (χ0n) is 16.4. The van der Waals surface area contributed by atoms with E-state index in [2.05, 4.69) is 4.18 Å². The third-order valence-electron chi connectivity index (χ3n) is 4.24. The summed E-state index contributed by atoms with van der Waals surface area (Å²) in [5.41, 5.74) is -5.01. The Hall–Kier alpha value is -2.55. The Morgan fingerprint density at radius 2 is 1.70 bits per heavy atom. The van der Waals surface area contributed by atoms with E-state index in [9.17, 15) is 26.4 Å². The lowest BCUT2D eigenvalue weighted by Gasteiger charge is -2.14. The molecule has 0 saturated carbocycles. The van der Waals surface area contributed by atoms with Crippen molar-refractivity contribution >= 4 is 15.9 Å². The lowest BCUT2D eigenvalue weighted by Crippen LogP contribution is -2.28. The van der Waals surface area contributed by atoms with Gasteiger partial charge in [-0.15, -0.1) is 0 Å². The Kier molecular flexibility index (Phi) is 8.28. The second kappa shape index (κ2) is 10.5. The molecule has 0 fully saturated rings. The topological polar surface area (TPSA) is 69.7 Å². The van der Waals surface area contributed by atoms with Crippen LogP contribution in [0.25, 0.3) is 0 Å². The first-order chi connectivity index (χ1) is 14.1. The van der Waals surface area contributed by atoms with Crippen LogP contribution in [0.4, 0.5) is 13.2 Å². The number of hydrogen-bond acceptors (Lipinski definition) is 5. The summed E-state index contributed by atoms with van der Waals surface area (Å²) in [6, 6.07) is 12.6. The highest BCUT2D eigenvalue weighted by Gasteiger charge is 2.49. The fourth-order valence-corrected chi connectivity index (χ4v) is 3.12. The summed E-state index contributed by atoms with van der Waals surface area (Å²) in [7, 11) is -5.90. The van der Waals surface area contributed by atoms with Crippen molar-refractivity contribution in [1.29, 1.82) is 0 Å². The Labute approximate surface area is 173 Å². The Bertz CT molecular complexity index is 941. The van der Waals surface area contributed by atoms with E-state index >= 15 is 0 Å². The fourth-order valence-electron chi connectivity index (χ4n) is 2.64. The van der Waals surface area contributed by atoms with Gasteiger partial charge >= 0.3 is 15.6 Å². The molecular weight excluding hydrogens is 421 g/mol. The van der Waals surface area contributed by atoms with Gasteiger partial charge in [-0.3, -0.25) is 4.79 Å². The number of ketones is 1. The van der Waals surface area contributed by atoms with Gasteiger partial charge in [0.2, 0.25) is 0 Å². The predicted octanol–water partition coefficient (Wildman–Crippen LogP) is 5.65. The van der Waals surface area contributed by atoms with Gasteiger partial charge in [0, 0.05) is 6.42 Å². The van der Waals surface area contributed by atoms with E-state index in [1.54, 1.807) is 0 Å². The predicted molar refractivity (Wildman–Crippen MR) is 106 cm³/mol. The number of carbonyl (C=O) groups is 1. The molecule has 0 spiro atoms. The molecule has 0 saturated heterocycles. The zero-order valence-corrected chi connectivity index (χ0v) is 17.3. The number of benzene rings is 2. The molecule has 30 heavy (non-hydrogen) atoms. The van der Waals surface area contributed by atoms with E-state index in [4.69, 9.17) is 4.74 Å². The van der Waals surface area contributed by atoms with Crippen LogP contribution in [0.15, 0.2) is 48.5 Å². The molecule has 0 radical (unpaired) electrons. The maximum atomic E-state index is 12.7. The molecule has 0 unspecified atom stereocenters. The molecule has 2 aromatic rings. The van der Waals surface area contributed by atoms with Crippen LogP contribution in [0.2, 0.25) is 0 Å². The number of unbranched alkanes of at least 4 members (excludes halogenated alkanes) is 3. The van der Waals surface area contributed by atoms with Gasteiger partial charge in [0.15, 0.2) is 11.5 Å². The second-order valence-electron chi connectivity index (χ2n) is 6.65. The van der Waals surface area contributed by atoms with Crippen molar-refractivity contribution < 1.29 is 35.3 Å². The summed E-state index contributed by atoms with van der Waals surface area (Å²) in [4.78, 5) is 12.6. The molecule has 0 atom stereocenters. The average molecular weight is 444 g/mol. The number of Topliss-reactive ketones (excluding diaryl/α,β-unsaturated/α-hetero) is 1. The Balaban J connectivity index is 2.25. The minimum atomic E-state index is -5.90. The van der Waals surface area contributed by atoms with Crippen molar-refractivity contribution in [2.75, 3.05) is 0 Å². The molecule has 0 aliphatic rings. The van der Waals surface area contributed by atoms with Crippen LogP contribution in [-0.2, 0) is 16.7 Å². The molecule has 2 rings (SSSR count). The zero-order chi connectivity index (χ0) is 22.2. The van der Waals surface area contributed by atoms with E-state index in [0.717, 1.165) is 30.9 Å². The number of alkyl halides is 3. The normalized spacial score (nSPS) is 11.9. The van der Waals surface area contributed by atoms with Gasteiger partial charge < -0.3 is 8.92 Å². The van der Waals surface area contributed by atoms with Crippen molar-refractivity contribution in [2.24, 2.45) is 0 Å². The average Bonchev–Trinajstić information content (AvgIpc) is 2.70. The minimum absolute atomic E-state index is 0.0601. The van der Waals surface area contributed by atoms with Gasteiger partial charge in [0.25, 0.3) is 0 Å². The van der Waals surface area contributed by atoms with Crippen molar-refractivity contribution in [1.82, 2.24) is 0 Å². The fraction of sp³-hybridized carbons (Fsp3) is 0.381.